The van der Waals surface area contributed by atoms with Crippen LogP contribution in [0.1, 0.15) is 26.2 Å². The van der Waals surface area contributed by atoms with Crippen LogP contribution < -0.4 is 0 Å². The van der Waals surface area contributed by atoms with Crippen molar-refractivity contribution in [2.24, 2.45) is 5.92 Å². The van der Waals surface area contributed by atoms with Crippen molar-refractivity contribution in [1.82, 2.24) is 4.90 Å². The maximum Gasteiger partial charge on any atom is 0.310 e. The molecule has 0 aromatic rings. The van der Waals surface area contributed by atoms with Crippen molar-refractivity contribution in [2.75, 3.05) is 7.11 Å². The smallest absolute Gasteiger partial charge is 0.310 e. The highest BCUT2D eigenvalue weighted by Crippen LogP contribution is 2.53. The van der Waals surface area contributed by atoms with Gasteiger partial charge in [0.05, 0.1) is 17.5 Å². The van der Waals surface area contributed by atoms with Crippen molar-refractivity contribution in [1.29, 1.82) is 0 Å². The Morgan fingerprint density at radius 2 is 2.20 bits per heavy atom. The van der Waals surface area contributed by atoms with Gasteiger partial charge in [0.2, 0.25) is 5.91 Å². The van der Waals surface area contributed by atoms with Crippen molar-refractivity contribution < 1.29 is 14.3 Å². The Balaban J connectivity index is 2.25. The van der Waals surface area contributed by atoms with E-state index in [0.717, 1.165) is 12.8 Å². The minimum Gasteiger partial charge on any atom is -0.469 e. The Bertz CT molecular complexity index is 320. The van der Waals surface area contributed by atoms with Gasteiger partial charge in [-0.05, 0) is 19.3 Å². The van der Waals surface area contributed by atoms with Crippen LogP contribution in [0, 0.1) is 5.92 Å². The fraction of sp³-hybridized carbons (Fsp3) is 0.800. The maximum atomic E-state index is 11.5. The molecule has 1 amide bonds. The van der Waals surface area contributed by atoms with Crippen LogP contribution in [0.2, 0.25) is 0 Å². The lowest BCUT2D eigenvalue weighted by molar-refractivity contribution is -0.146. The highest BCUT2D eigenvalue weighted by Gasteiger charge is 2.58. The number of nitrogens with zero attached hydrogens (tertiary/aromatic N) is 1. The molecule has 15 heavy (non-hydrogen) atoms. The van der Waals surface area contributed by atoms with E-state index in [-0.39, 0.29) is 28.3 Å². The molecule has 84 valence electrons. The molecule has 0 aliphatic carbocycles. The number of hydrogen-bond acceptors (Lipinski definition) is 3. The van der Waals surface area contributed by atoms with Crippen LogP contribution in [0.25, 0.3) is 0 Å². The van der Waals surface area contributed by atoms with Crippen molar-refractivity contribution in [3.8, 4) is 0 Å². The first-order valence-electron chi connectivity index (χ1n) is 5.06. The van der Waals surface area contributed by atoms with Crippen LogP contribution in [0.15, 0.2) is 0 Å². The fourth-order valence-electron chi connectivity index (χ4n) is 2.88. The van der Waals surface area contributed by atoms with E-state index in [1.165, 1.54) is 7.11 Å². The summed E-state index contributed by atoms with van der Waals surface area (Å²) in [5.41, 5.74) is 0. The quantitative estimate of drug-likeness (QED) is 0.412. The molecule has 2 saturated heterocycles. The van der Waals surface area contributed by atoms with Crippen LogP contribution in [-0.2, 0) is 14.3 Å². The van der Waals surface area contributed by atoms with E-state index in [1.54, 1.807) is 11.8 Å². The van der Waals surface area contributed by atoms with Crippen molar-refractivity contribution in [2.45, 2.75) is 36.7 Å². The first kappa shape index (κ1) is 10.9. The normalized spacial score (nSPS) is 38.2. The third-order valence-electron chi connectivity index (χ3n) is 3.43. The van der Waals surface area contributed by atoms with Crippen LogP contribution >= 0.6 is 15.9 Å². The summed E-state index contributed by atoms with van der Waals surface area (Å²) < 4.78 is 4.46. The van der Waals surface area contributed by atoms with E-state index in [9.17, 15) is 9.59 Å². The van der Waals surface area contributed by atoms with Crippen LogP contribution in [0.3, 0.4) is 0 Å². The molecule has 0 saturated carbocycles. The Hall–Kier alpha value is -0.580. The molecule has 0 N–H and O–H groups in total. The number of esters is 1. The van der Waals surface area contributed by atoms with E-state index in [0.29, 0.717) is 6.42 Å². The summed E-state index contributed by atoms with van der Waals surface area (Å²) in [4.78, 5) is 24.8. The van der Waals surface area contributed by atoms with E-state index >= 15 is 0 Å². The lowest BCUT2D eigenvalue weighted by atomic mass is 9.89. The molecule has 0 aromatic carbocycles. The number of alkyl halides is 1. The highest BCUT2D eigenvalue weighted by molar-refractivity contribution is 9.10. The van der Waals surface area contributed by atoms with E-state index in [1.807, 2.05) is 0 Å². The first-order valence-corrected chi connectivity index (χ1v) is 5.85. The van der Waals surface area contributed by atoms with Crippen molar-refractivity contribution >= 4 is 27.8 Å². The number of carbonyl (C=O) groups excluding carboxylic acids is 2. The number of amides is 1. The van der Waals surface area contributed by atoms with Gasteiger partial charge in [-0.25, -0.2) is 0 Å². The lowest BCUT2D eigenvalue weighted by Gasteiger charge is -2.27. The fourth-order valence-corrected chi connectivity index (χ4v) is 3.97. The SMILES string of the molecule is COC(=O)[C@@H]1C[C@]2(Br)CC[C@H]1N2C(C)=O. The summed E-state index contributed by atoms with van der Waals surface area (Å²) >= 11 is 3.59. The van der Waals surface area contributed by atoms with Crippen LogP contribution in [0.5, 0.6) is 0 Å². The summed E-state index contributed by atoms with van der Waals surface area (Å²) in [6, 6.07) is 0.0225. The van der Waals surface area contributed by atoms with Gasteiger partial charge >= 0.3 is 5.97 Å². The topological polar surface area (TPSA) is 46.6 Å². The molecule has 5 heteroatoms. The van der Waals surface area contributed by atoms with E-state index in [2.05, 4.69) is 15.9 Å². The molecular formula is C10H14BrNO3. The van der Waals surface area contributed by atoms with Crippen LogP contribution in [-0.4, -0.2) is 34.4 Å². The summed E-state index contributed by atoms with van der Waals surface area (Å²) in [5.74, 6) is -0.333. The average Bonchev–Trinajstić information content (AvgIpc) is 2.66. The predicted octanol–water partition coefficient (Wildman–Crippen LogP) is 1.28. The predicted molar refractivity (Wildman–Crippen MR) is 57.3 cm³/mol. The van der Waals surface area contributed by atoms with Crippen LogP contribution in [0.4, 0.5) is 0 Å². The Morgan fingerprint density at radius 1 is 1.53 bits per heavy atom. The number of ether oxygens (including phenoxy) is 1. The molecule has 0 radical (unpaired) electrons. The largest absolute Gasteiger partial charge is 0.469 e. The molecular weight excluding hydrogens is 262 g/mol. The third kappa shape index (κ3) is 1.48. The molecule has 2 aliphatic heterocycles. The molecule has 0 unspecified atom stereocenters. The second-order valence-corrected chi connectivity index (χ2v) is 5.72. The zero-order valence-corrected chi connectivity index (χ0v) is 10.4. The number of hydrogen-bond donors (Lipinski definition) is 0. The zero-order valence-electron chi connectivity index (χ0n) is 8.83. The molecule has 2 rings (SSSR count). The van der Waals surface area contributed by atoms with E-state index in [4.69, 9.17) is 4.74 Å². The van der Waals surface area contributed by atoms with Gasteiger partial charge in [-0.1, -0.05) is 15.9 Å². The average molecular weight is 276 g/mol. The van der Waals surface area contributed by atoms with Crippen molar-refractivity contribution in [3.05, 3.63) is 0 Å². The van der Waals surface area contributed by atoms with Gasteiger partial charge in [0, 0.05) is 13.0 Å². The Morgan fingerprint density at radius 3 is 2.67 bits per heavy atom. The molecule has 2 bridgehead atoms. The van der Waals surface area contributed by atoms with Gasteiger partial charge in [0.15, 0.2) is 0 Å². The molecule has 3 atom stereocenters. The molecule has 2 aliphatic rings. The first-order chi connectivity index (χ1) is 6.99. The van der Waals surface area contributed by atoms with Gasteiger partial charge in [0.25, 0.3) is 0 Å². The second-order valence-electron chi connectivity index (χ2n) is 4.25. The number of halogens is 1. The maximum absolute atomic E-state index is 11.5. The van der Waals surface area contributed by atoms with Gasteiger partial charge < -0.3 is 9.64 Å². The van der Waals surface area contributed by atoms with Gasteiger partial charge in [-0.15, -0.1) is 0 Å². The molecule has 0 spiro atoms. The minimum atomic E-state index is -0.303. The standard InChI is InChI=1S/C10H14BrNO3/c1-6(13)12-8-3-4-10(12,11)5-7(8)9(14)15-2/h7-8H,3-5H2,1-2H3/t7-,8-,10+/m1/s1. The number of methoxy groups -OCH3 is 1. The number of rotatable bonds is 1. The Labute approximate surface area is 97.1 Å². The van der Waals surface area contributed by atoms with Gasteiger partial charge in [-0.3, -0.25) is 9.59 Å². The monoisotopic (exact) mass is 275 g/mol. The van der Waals surface area contributed by atoms with Gasteiger partial charge in [-0.2, -0.15) is 0 Å². The molecule has 4 nitrogen and oxygen atoms in total. The highest BCUT2D eigenvalue weighted by atomic mass is 79.9. The lowest BCUT2D eigenvalue weighted by Crippen LogP contribution is -2.40. The summed E-state index contributed by atoms with van der Waals surface area (Å²) in [6.07, 6.45) is 2.47. The molecule has 2 fully saturated rings. The summed E-state index contributed by atoms with van der Waals surface area (Å²) in [7, 11) is 1.40. The zero-order chi connectivity index (χ0) is 11.2. The number of fused-ring (bicyclic) bond motifs is 2. The summed E-state index contributed by atoms with van der Waals surface area (Å²) in [6.45, 7) is 1.55. The molecule has 0 aromatic heterocycles. The third-order valence-corrected chi connectivity index (χ3v) is 4.53. The second kappa shape index (κ2) is 3.47. The molecule has 2 heterocycles. The summed E-state index contributed by atoms with van der Waals surface area (Å²) in [5, 5.41) is 0. The minimum absolute atomic E-state index is 0.0225. The van der Waals surface area contributed by atoms with Crippen molar-refractivity contribution in [3.63, 3.8) is 0 Å². The van der Waals surface area contributed by atoms with Gasteiger partial charge in [0.1, 0.15) is 0 Å². The number of carbonyl (C=O) groups is 2. The Kier molecular flexibility index (Phi) is 2.53. The van der Waals surface area contributed by atoms with E-state index < -0.39 is 0 Å².